The molecule has 0 radical (unpaired) electrons. The topological polar surface area (TPSA) is 15.8 Å². The van der Waals surface area contributed by atoms with Crippen LogP contribution in [0, 0.1) is 6.92 Å². The molecule has 0 amide bonds. The monoisotopic (exact) mass is 173 g/mol. The predicted molar refractivity (Wildman–Crippen MR) is 57.1 cm³/mol. The van der Waals surface area contributed by atoms with Crippen molar-refractivity contribution in [3.8, 4) is 0 Å². The first-order chi connectivity index (χ1) is 6.18. The van der Waals surface area contributed by atoms with Gasteiger partial charge in [0.25, 0.3) is 0 Å². The summed E-state index contributed by atoms with van der Waals surface area (Å²) in [4.78, 5) is 3.26. The minimum atomic E-state index is 0.603. The van der Waals surface area contributed by atoms with Crippen molar-refractivity contribution in [3.63, 3.8) is 0 Å². The third-order valence-electron chi connectivity index (χ3n) is 2.56. The Bertz CT molecular complexity index is 424. The highest BCUT2D eigenvalue weighted by Gasteiger charge is 2.03. The zero-order valence-corrected chi connectivity index (χ0v) is 8.39. The molecule has 0 aliphatic rings. The maximum atomic E-state index is 3.26. The highest BCUT2D eigenvalue weighted by atomic mass is 14.7. The molecule has 2 aromatic rings. The van der Waals surface area contributed by atoms with Gasteiger partial charge in [-0.15, -0.1) is 0 Å². The number of nitrogens with one attached hydrogen (secondary N) is 1. The van der Waals surface area contributed by atoms with E-state index in [0.717, 1.165) is 0 Å². The lowest BCUT2D eigenvalue weighted by molar-refractivity contribution is 0.867. The Morgan fingerprint density at radius 3 is 2.69 bits per heavy atom. The smallest absolute Gasteiger partial charge is 0.0459 e. The lowest BCUT2D eigenvalue weighted by atomic mass is 9.99. The molecule has 1 nitrogen and oxygen atoms in total. The zero-order chi connectivity index (χ0) is 9.42. The van der Waals surface area contributed by atoms with Crippen LogP contribution in [0.2, 0.25) is 0 Å². The summed E-state index contributed by atoms with van der Waals surface area (Å²) in [6.07, 6.45) is 2.00. The summed E-state index contributed by atoms with van der Waals surface area (Å²) in [5.41, 5.74) is 4.03. The molecule has 68 valence electrons. The first kappa shape index (κ1) is 8.36. The molecule has 0 unspecified atom stereocenters. The molecule has 0 atom stereocenters. The molecule has 1 heteroatoms. The van der Waals surface area contributed by atoms with Crippen molar-refractivity contribution >= 4 is 10.9 Å². The molecule has 0 saturated heterocycles. The van der Waals surface area contributed by atoms with Crippen LogP contribution in [0.15, 0.2) is 24.4 Å². The minimum Gasteiger partial charge on any atom is -0.361 e. The number of H-pyrrole nitrogens is 1. The molecule has 0 fully saturated rings. The second-order valence-corrected chi connectivity index (χ2v) is 3.93. The first-order valence-corrected chi connectivity index (χ1v) is 4.76. The zero-order valence-electron chi connectivity index (χ0n) is 8.39. The molecule has 0 spiro atoms. The summed E-state index contributed by atoms with van der Waals surface area (Å²) in [5.74, 6) is 0.603. The molecule has 0 bridgehead atoms. The number of aromatic amines is 1. The van der Waals surface area contributed by atoms with Crippen LogP contribution in [0.4, 0.5) is 0 Å². The van der Waals surface area contributed by atoms with E-state index in [9.17, 15) is 0 Å². The summed E-state index contributed by atoms with van der Waals surface area (Å²) in [6.45, 7) is 6.62. The van der Waals surface area contributed by atoms with Gasteiger partial charge in [0.2, 0.25) is 0 Å². The van der Waals surface area contributed by atoms with Crippen LogP contribution in [0.5, 0.6) is 0 Å². The predicted octanol–water partition coefficient (Wildman–Crippen LogP) is 3.60. The van der Waals surface area contributed by atoms with Crippen molar-refractivity contribution in [1.29, 1.82) is 0 Å². The molecule has 0 aliphatic heterocycles. The summed E-state index contributed by atoms with van der Waals surface area (Å²) in [7, 11) is 0. The second kappa shape index (κ2) is 2.91. The van der Waals surface area contributed by atoms with E-state index in [1.54, 1.807) is 0 Å². The number of fused-ring (bicyclic) bond motifs is 1. The van der Waals surface area contributed by atoms with Crippen LogP contribution in [0.3, 0.4) is 0 Å². The van der Waals surface area contributed by atoms with E-state index >= 15 is 0 Å². The number of rotatable bonds is 1. The average molecular weight is 173 g/mol. The molecule has 1 aromatic carbocycles. The average Bonchev–Trinajstić information content (AvgIpc) is 2.51. The largest absolute Gasteiger partial charge is 0.361 e. The highest BCUT2D eigenvalue weighted by molar-refractivity contribution is 5.83. The maximum absolute atomic E-state index is 3.26. The van der Waals surface area contributed by atoms with Crippen molar-refractivity contribution in [1.82, 2.24) is 4.98 Å². The Balaban J connectivity index is 2.70. The van der Waals surface area contributed by atoms with Gasteiger partial charge in [-0.1, -0.05) is 19.9 Å². The van der Waals surface area contributed by atoms with E-state index in [4.69, 9.17) is 0 Å². The van der Waals surface area contributed by atoms with Gasteiger partial charge >= 0.3 is 0 Å². The SMILES string of the molecule is Cc1cc(C(C)C)cc2[nH]ccc12. The van der Waals surface area contributed by atoms with Crippen LogP contribution < -0.4 is 0 Å². The summed E-state index contributed by atoms with van der Waals surface area (Å²) in [5, 5.41) is 1.34. The van der Waals surface area contributed by atoms with Crippen LogP contribution in [-0.2, 0) is 0 Å². The van der Waals surface area contributed by atoms with Gasteiger partial charge < -0.3 is 4.98 Å². The van der Waals surface area contributed by atoms with Gasteiger partial charge in [-0.2, -0.15) is 0 Å². The van der Waals surface area contributed by atoms with Gasteiger partial charge in [-0.05, 0) is 36.1 Å². The van der Waals surface area contributed by atoms with Gasteiger partial charge in [-0.25, -0.2) is 0 Å². The van der Waals surface area contributed by atoms with E-state index in [-0.39, 0.29) is 0 Å². The Kier molecular flexibility index (Phi) is 1.87. The van der Waals surface area contributed by atoms with Gasteiger partial charge in [0.05, 0.1) is 0 Å². The summed E-state index contributed by atoms with van der Waals surface area (Å²) >= 11 is 0. The fourth-order valence-electron chi connectivity index (χ4n) is 1.72. The lowest BCUT2D eigenvalue weighted by Crippen LogP contribution is -1.88. The van der Waals surface area contributed by atoms with Gasteiger partial charge in [0, 0.05) is 17.1 Å². The molecule has 0 saturated carbocycles. The van der Waals surface area contributed by atoms with Gasteiger partial charge in [0.15, 0.2) is 0 Å². The third kappa shape index (κ3) is 1.35. The Labute approximate surface area is 78.8 Å². The van der Waals surface area contributed by atoms with Crippen molar-refractivity contribution in [2.45, 2.75) is 26.7 Å². The fourth-order valence-corrected chi connectivity index (χ4v) is 1.72. The number of aromatic nitrogens is 1. The molecule has 1 aromatic heterocycles. The van der Waals surface area contributed by atoms with Crippen molar-refractivity contribution in [2.75, 3.05) is 0 Å². The minimum absolute atomic E-state index is 0.603. The van der Waals surface area contributed by atoms with E-state index < -0.39 is 0 Å². The van der Waals surface area contributed by atoms with Gasteiger partial charge in [-0.3, -0.25) is 0 Å². The van der Waals surface area contributed by atoms with Crippen molar-refractivity contribution < 1.29 is 0 Å². The number of aryl methyl sites for hydroxylation is 1. The Morgan fingerprint density at radius 2 is 2.00 bits per heavy atom. The van der Waals surface area contributed by atoms with E-state index in [0.29, 0.717) is 5.92 Å². The van der Waals surface area contributed by atoms with Crippen LogP contribution in [0.25, 0.3) is 10.9 Å². The molecule has 1 heterocycles. The fraction of sp³-hybridized carbons (Fsp3) is 0.333. The van der Waals surface area contributed by atoms with E-state index in [1.807, 2.05) is 6.20 Å². The van der Waals surface area contributed by atoms with Crippen LogP contribution in [-0.4, -0.2) is 4.98 Å². The number of hydrogen-bond acceptors (Lipinski definition) is 0. The number of benzene rings is 1. The Morgan fingerprint density at radius 1 is 1.23 bits per heavy atom. The molecular weight excluding hydrogens is 158 g/mol. The maximum Gasteiger partial charge on any atom is 0.0459 e. The Hall–Kier alpha value is -1.24. The van der Waals surface area contributed by atoms with Crippen LogP contribution in [0.1, 0.15) is 30.9 Å². The highest BCUT2D eigenvalue weighted by Crippen LogP contribution is 2.23. The standard InChI is InChI=1S/C12H15N/c1-8(2)10-6-9(3)11-4-5-13-12(11)7-10/h4-8,13H,1-3H3. The summed E-state index contributed by atoms with van der Waals surface area (Å²) < 4.78 is 0. The van der Waals surface area contributed by atoms with Crippen molar-refractivity contribution in [2.24, 2.45) is 0 Å². The molecule has 1 N–H and O–H groups in total. The second-order valence-electron chi connectivity index (χ2n) is 3.93. The lowest BCUT2D eigenvalue weighted by Gasteiger charge is -2.07. The molecule has 0 aliphatic carbocycles. The van der Waals surface area contributed by atoms with E-state index in [2.05, 4.69) is 44.0 Å². The third-order valence-corrected chi connectivity index (χ3v) is 2.56. The van der Waals surface area contributed by atoms with E-state index in [1.165, 1.54) is 22.0 Å². The van der Waals surface area contributed by atoms with Crippen LogP contribution >= 0.6 is 0 Å². The van der Waals surface area contributed by atoms with Gasteiger partial charge in [0.1, 0.15) is 0 Å². The van der Waals surface area contributed by atoms with Crippen molar-refractivity contribution in [3.05, 3.63) is 35.5 Å². The molecule has 13 heavy (non-hydrogen) atoms. The molecular formula is C12H15N. The normalized spacial score (nSPS) is 11.4. The quantitative estimate of drug-likeness (QED) is 0.678. The first-order valence-electron chi connectivity index (χ1n) is 4.76. The molecule has 2 rings (SSSR count). The number of hydrogen-bond donors (Lipinski definition) is 1. The summed E-state index contributed by atoms with van der Waals surface area (Å²) in [6, 6.07) is 6.66.